The molecule has 0 aromatic heterocycles. The van der Waals surface area contributed by atoms with Gasteiger partial charge in [0.25, 0.3) is 0 Å². The second-order valence-corrected chi connectivity index (χ2v) is 5.53. The lowest BCUT2D eigenvalue weighted by atomic mass is 9.75. The van der Waals surface area contributed by atoms with Crippen LogP contribution < -0.4 is 0 Å². The first kappa shape index (κ1) is 14.7. The molecule has 0 bridgehead atoms. The van der Waals surface area contributed by atoms with Crippen molar-refractivity contribution >= 4 is 35.7 Å². The first-order valence-electron chi connectivity index (χ1n) is 6.08. The topological polar surface area (TPSA) is 53.2 Å². The third-order valence-electron chi connectivity index (χ3n) is 3.37. The fourth-order valence-electron chi connectivity index (χ4n) is 2.54. The molecule has 1 unspecified atom stereocenters. The summed E-state index contributed by atoms with van der Waals surface area (Å²) in [7, 11) is 0. The monoisotopic (exact) mass is 303 g/mol. The maximum Gasteiger partial charge on any atom is 0.139 e. The number of hydrogen-bond acceptors (Lipinski definition) is 4. The number of carbonyl (C=O) groups excluding carboxylic acids is 1. The Morgan fingerprint density at radius 3 is 2.75 bits per heavy atom. The van der Waals surface area contributed by atoms with Crippen molar-refractivity contribution in [2.45, 2.75) is 19.8 Å². The van der Waals surface area contributed by atoms with Crippen LogP contribution in [0.2, 0.25) is 5.02 Å². The summed E-state index contributed by atoms with van der Waals surface area (Å²) < 4.78 is 0. The SMILES string of the molecule is CC(=O)C1C(C)=NC([S-])=C(C#N)[C@@H]1c1cccc(Cl)c1. The van der Waals surface area contributed by atoms with Crippen molar-refractivity contribution in [1.82, 2.24) is 0 Å². The molecule has 0 saturated heterocycles. The van der Waals surface area contributed by atoms with E-state index in [0.29, 0.717) is 16.3 Å². The molecule has 1 aromatic rings. The molecular formula is C15H12ClN2OS-. The van der Waals surface area contributed by atoms with E-state index in [1.54, 1.807) is 25.1 Å². The van der Waals surface area contributed by atoms with Gasteiger partial charge in [-0.25, -0.2) is 0 Å². The van der Waals surface area contributed by atoms with E-state index in [9.17, 15) is 10.1 Å². The van der Waals surface area contributed by atoms with Gasteiger partial charge in [0, 0.05) is 22.2 Å². The predicted octanol–water partition coefficient (Wildman–Crippen LogP) is 3.39. The van der Waals surface area contributed by atoms with Crippen LogP contribution in [0.5, 0.6) is 0 Å². The minimum absolute atomic E-state index is 0.0357. The van der Waals surface area contributed by atoms with Crippen LogP contribution in [0.1, 0.15) is 25.3 Å². The fraction of sp³-hybridized carbons (Fsp3) is 0.267. The zero-order chi connectivity index (χ0) is 14.9. The Balaban J connectivity index is 2.64. The van der Waals surface area contributed by atoms with Gasteiger partial charge in [-0.15, -0.1) is 0 Å². The standard InChI is InChI=1S/C15H13ClN2OS/c1-8-13(9(2)19)14(12(7-17)15(20)18-8)10-4-3-5-11(16)6-10/h3-6,13-14,20H,1-2H3/p-1/t13?,14-/m0/s1. The number of hydrogen-bond donors (Lipinski definition) is 0. The van der Waals surface area contributed by atoms with E-state index in [-0.39, 0.29) is 10.8 Å². The van der Waals surface area contributed by atoms with Crippen LogP contribution in [0.25, 0.3) is 0 Å². The summed E-state index contributed by atoms with van der Waals surface area (Å²) in [5.41, 5.74) is 1.81. The molecule has 0 spiro atoms. The maximum absolute atomic E-state index is 12.0. The molecule has 1 aromatic carbocycles. The highest BCUT2D eigenvalue weighted by Gasteiger charge is 2.35. The first-order valence-corrected chi connectivity index (χ1v) is 6.86. The number of benzene rings is 1. The average Bonchev–Trinajstić information content (AvgIpc) is 2.37. The molecule has 102 valence electrons. The van der Waals surface area contributed by atoms with Crippen molar-refractivity contribution in [3.8, 4) is 6.07 Å². The smallest absolute Gasteiger partial charge is 0.139 e. The van der Waals surface area contributed by atoms with Crippen LogP contribution in [-0.4, -0.2) is 11.5 Å². The van der Waals surface area contributed by atoms with Crippen LogP contribution in [0.15, 0.2) is 39.9 Å². The summed E-state index contributed by atoms with van der Waals surface area (Å²) in [6, 6.07) is 9.27. The molecule has 5 heteroatoms. The van der Waals surface area contributed by atoms with E-state index in [2.05, 4.69) is 11.1 Å². The van der Waals surface area contributed by atoms with Crippen LogP contribution >= 0.6 is 11.6 Å². The number of ketones is 1. The van der Waals surface area contributed by atoms with E-state index in [4.69, 9.17) is 24.2 Å². The van der Waals surface area contributed by atoms with E-state index < -0.39 is 11.8 Å². The summed E-state index contributed by atoms with van der Waals surface area (Å²) in [4.78, 5) is 16.1. The average molecular weight is 304 g/mol. The summed E-state index contributed by atoms with van der Waals surface area (Å²) >= 11 is 11.2. The van der Waals surface area contributed by atoms with Crippen molar-refractivity contribution < 1.29 is 4.79 Å². The Labute approximate surface area is 128 Å². The van der Waals surface area contributed by atoms with Gasteiger partial charge in [0.05, 0.1) is 12.0 Å². The molecule has 0 aliphatic carbocycles. The molecule has 3 nitrogen and oxygen atoms in total. The van der Waals surface area contributed by atoms with Gasteiger partial charge >= 0.3 is 0 Å². The van der Waals surface area contributed by atoms with Crippen LogP contribution in [0.4, 0.5) is 0 Å². The highest BCUT2D eigenvalue weighted by Crippen LogP contribution is 2.39. The molecule has 1 heterocycles. The number of rotatable bonds is 2. The lowest BCUT2D eigenvalue weighted by molar-refractivity contribution is -0.119. The Bertz CT molecular complexity index is 673. The highest BCUT2D eigenvalue weighted by atomic mass is 35.5. The summed E-state index contributed by atoms with van der Waals surface area (Å²) in [5, 5.41) is 10.2. The van der Waals surface area contributed by atoms with E-state index in [0.717, 1.165) is 5.56 Å². The number of halogens is 1. The van der Waals surface area contributed by atoms with Crippen molar-refractivity contribution in [2.24, 2.45) is 10.9 Å². The quantitative estimate of drug-likeness (QED) is 0.787. The molecule has 0 N–H and O–H groups in total. The lowest BCUT2D eigenvalue weighted by Gasteiger charge is -2.32. The molecule has 1 aliphatic heterocycles. The summed E-state index contributed by atoms with van der Waals surface area (Å²) in [6.45, 7) is 3.27. The number of Topliss-reactive ketones (excluding diaryl/α,β-unsaturated/α-hetero) is 1. The number of carbonyl (C=O) groups is 1. The van der Waals surface area contributed by atoms with Gasteiger partial charge in [0.15, 0.2) is 0 Å². The second kappa shape index (κ2) is 5.74. The highest BCUT2D eigenvalue weighted by molar-refractivity contribution is 7.63. The van der Waals surface area contributed by atoms with Crippen molar-refractivity contribution in [3.63, 3.8) is 0 Å². The van der Waals surface area contributed by atoms with Gasteiger partial charge in [0.2, 0.25) is 0 Å². The van der Waals surface area contributed by atoms with Gasteiger partial charge in [-0.05, 0) is 31.5 Å². The molecule has 0 fully saturated rings. The zero-order valence-corrected chi connectivity index (χ0v) is 12.6. The van der Waals surface area contributed by atoms with Gasteiger partial charge in [-0.3, -0.25) is 9.79 Å². The van der Waals surface area contributed by atoms with Gasteiger partial charge in [0.1, 0.15) is 5.78 Å². The third-order valence-corrected chi connectivity index (χ3v) is 3.92. The third kappa shape index (κ3) is 2.60. The van der Waals surface area contributed by atoms with E-state index in [1.165, 1.54) is 6.92 Å². The van der Waals surface area contributed by atoms with Crippen molar-refractivity contribution in [1.29, 1.82) is 5.26 Å². The molecule has 0 saturated carbocycles. The Morgan fingerprint density at radius 1 is 1.50 bits per heavy atom. The second-order valence-electron chi connectivity index (χ2n) is 4.70. The first-order chi connectivity index (χ1) is 9.45. The van der Waals surface area contributed by atoms with Crippen LogP contribution in [0.3, 0.4) is 0 Å². The molecule has 0 amide bonds. The molecule has 2 rings (SSSR count). The number of aliphatic imine (C=N–C) groups is 1. The van der Waals surface area contributed by atoms with Gasteiger partial charge < -0.3 is 12.6 Å². The molecule has 20 heavy (non-hydrogen) atoms. The fourth-order valence-corrected chi connectivity index (χ4v) is 3.05. The minimum Gasteiger partial charge on any atom is -0.759 e. The zero-order valence-electron chi connectivity index (χ0n) is 11.1. The van der Waals surface area contributed by atoms with Crippen molar-refractivity contribution in [3.05, 3.63) is 45.5 Å². The summed E-state index contributed by atoms with van der Waals surface area (Å²) in [6.07, 6.45) is 0. The largest absolute Gasteiger partial charge is 0.759 e. The Kier molecular flexibility index (Phi) is 4.22. The van der Waals surface area contributed by atoms with Crippen LogP contribution in [-0.2, 0) is 17.4 Å². The number of allylic oxidation sites excluding steroid dienone is 1. The minimum atomic E-state index is -0.463. The summed E-state index contributed by atoms with van der Waals surface area (Å²) in [5.74, 6) is -0.900. The predicted molar refractivity (Wildman–Crippen MR) is 81.5 cm³/mol. The Morgan fingerprint density at radius 2 is 2.20 bits per heavy atom. The van der Waals surface area contributed by atoms with E-state index >= 15 is 0 Å². The molecule has 1 aliphatic rings. The normalized spacial score (nSPS) is 22.2. The number of nitriles is 1. The van der Waals surface area contributed by atoms with E-state index in [1.807, 2.05) is 6.07 Å². The lowest BCUT2D eigenvalue weighted by Crippen LogP contribution is -2.31. The Hall–Kier alpha value is -1.70. The molecule has 0 radical (unpaired) electrons. The molecular weight excluding hydrogens is 292 g/mol. The van der Waals surface area contributed by atoms with Crippen LogP contribution in [0, 0.1) is 17.2 Å². The number of nitrogens with zero attached hydrogens (tertiary/aromatic N) is 2. The molecule has 2 atom stereocenters. The van der Waals surface area contributed by atoms with Gasteiger partial charge in [-0.1, -0.05) is 28.8 Å². The van der Waals surface area contributed by atoms with Gasteiger partial charge in [-0.2, -0.15) is 5.26 Å². The van der Waals surface area contributed by atoms with Crippen molar-refractivity contribution in [2.75, 3.05) is 0 Å². The maximum atomic E-state index is 12.0.